The summed E-state index contributed by atoms with van der Waals surface area (Å²) in [5.74, 6) is 0. The molecule has 1 aromatic rings. The summed E-state index contributed by atoms with van der Waals surface area (Å²) in [6.07, 6.45) is 3.31. The first-order chi connectivity index (χ1) is 8.88. The minimum atomic E-state index is -3.56. The molecule has 0 spiro atoms. The summed E-state index contributed by atoms with van der Waals surface area (Å²) in [6, 6.07) is 5.10. The van der Waals surface area contributed by atoms with Crippen LogP contribution in [0.2, 0.25) is 0 Å². The second-order valence-electron chi connectivity index (χ2n) is 5.50. The van der Waals surface area contributed by atoms with Gasteiger partial charge < -0.3 is 5.11 Å². The number of nitrogens with one attached hydrogen (secondary N) is 1. The zero-order chi connectivity index (χ0) is 14.1. The zero-order valence-electron chi connectivity index (χ0n) is 11.4. The van der Waals surface area contributed by atoms with Gasteiger partial charge in [-0.3, -0.25) is 0 Å². The van der Waals surface area contributed by atoms with E-state index in [1.807, 2.05) is 19.9 Å². The van der Waals surface area contributed by atoms with Crippen LogP contribution in [0.25, 0.3) is 0 Å². The highest BCUT2D eigenvalue weighted by Gasteiger charge is 2.37. The lowest BCUT2D eigenvalue weighted by molar-refractivity contribution is 0.185. The van der Waals surface area contributed by atoms with Crippen molar-refractivity contribution in [1.29, 1.82) is 0 Å². The number of aliphatic hydroxyl groups is 1. The van der Waals surface area contributed by atoms with E-state index in [0.29, 0.717) is 12.8 Å². The number of aryl methyl sites for hydroxylation is 2. The Bertz CT molecular complexity index is 560. The monoisotopic (exact) mass is 283 g/mol. The summed E-state index contributed by atoms with van der Waals surface area (Å²) < 4.78 is 27.5. The highest BCUT2D eigenvalue weighted by Crippen LogP contribution is 2.31. The predicted molar refractivity (Wildman–Crippen MR) is 74.5 cm³/mol. The molecule has 0 bridgehead atoms. The van der Waals surface area contributed by atoms with Crippen molar-refractivity contribution in [1.82, 2.24) is 4.72 Å². The van der Waals surface area contributed by atoms with E-state index in [1.54, 1.807) is 12.1 Å². The van der Waals surface area contributed by atoms with Gasteiger partial charge in [-0.15, -0.1) is 0 Å². The van der Waals surface area contributed by atoms with E-state index in [1.165, 1.54) is 0 Å². The van der Waals surface area contributed by atoms with Crippen LogP contribution in [0.4, 0.5) is 0 Å². The van der Waals surface area contributed by atoms with E-state index < -0.39 is 15.6 Å². The molecule has 1 aromatic carbocycles. The molecule has 0 saturated heterocycles. The molecule has 1 fully saturated rings. The number of rotatable bonds is 4. The molecule has 0 radical (unpaired) electrons. The van der Waals surface area contributed by atoms with Gasteiger partial charge in [0.25, 0.3) is 0 Å². The largest absolute Gasteiger partial charge is 0.394 e. The summed E-state index contributed by atoms with van der Waals surface area (Å²) in [6.45, 7) is 3.70. The number of aliphatic hydroxyl groups excluding tert-OH is 1. The molecule has 0 atom stereocenters. The van der Waals surface area contributed by atoms with Crippen molar-refractivity contribution < 1.29 is 13.5 Å². The Morgan fingerprint density at radius 3 is 2.37 bits per heavy atom. The van der Waals surface area contributed by atoms with Crippen molar-refractivity contribution in [2.24, 2.45) is 0 Å². The third-order valence-electron chi connectivity index (χ3n) is 4.00. The van der Waals surface area contributed by atoms with Crippen molar-refractivity contribution in [2.75, 3.05) is 6.61 Å². The molecule has 5 heteroatoms. The number of sulfonamides is 1. The van der Waals surface area contributed by atoms with Crippen molar-refractivity contribution >= 4 is 10.0 Å². The third kappa shape index (κ3) is 2.99. The van der Waals surface area contributed by atoms with Crippen LogP contribution in [-0.4, -0.2) is 25.7 Å². The molecule has 0 amide bonds. The van der Waals surface area contributed by atoms with E-state index in [0.717, 1.165) is 24.0 Å². The Morgan fingerprint density at radius 2 is 1.84 bits per heavy atom. The number of benzene rings is 1. The van der Waals surface area contributed by atoms with E-state index >= 15 is 0 Å². The lowest BCUT2D eigenvalue weighted by atomic mass is 10.0. The topological polar surface area (TPSA) is 66.4 Å². The highest BCUT2D eigenvalue weighted by molar-refractivity contribution is 7.89. The Morgan fingerprint density at radius 1 is 1.21 bits per heavy atom. The fourth-order valence-electron chi connectivity index (χ4n) is 2.57. The second-order valence-corrected chi connectivity index (χ2v) is 7.18. The molecule has 106 valence electrons. The molecule has 2 rings (SSSR count). The maximum absolute atomic E-state index is 12.4. The maximum atomic E-state index is 12.4. The molecule has 2 N–H and O–H groups in total. The van der Waals surface area contributed by atoms with Crippen LogP contribution in [0.1, 0.15) is 36.8 Å². The van der Waals surface area contributed by atoms with E-state index in [2.05, 4.69) is 4.72 Å². The second kappa shape index (κ2) is 5.23. The normalized spacial score (nSPS) is 18.7. The molecule has 0 heterocycles. The van der Waals surface area contributed by atoms with Crippen LogP contribution in [0, 0.1) is 13.8 Å². The first kappa shape index (κ1) is 14.5. The van der Waals surface area contributed by atoms with E-state index in [4.69, 9.17) is 0 Å². The first-order valence-corrected chi connectivity index (χ1v) is 8.09. The summed E-state index contributed by atoms with van der Waals surface area (Å²) in [5.41, 5.74) is 1.35. The van der Waals surface area contributed by atoms with Gasteiger partial charge in [-0.1, -0.05) is 18.9 Å². The van der Waals surface area contributed by atoms with Crippen LogP contribution < -0.4 is 4.72 Å². The average Bonchev–Trinajstić information content (AvgIpc) is 2.81. The molecule has 1 aliphatic rings. The Balaban J connectivity index is 2.29. The minimum Gasteiger partial charge on any atom is -0.394 e. The molecule has 4 nitrogen and oxygen atoms in total. The van der Waals surface area contributed by atoms with Gasteiger partial charge in [0.15, 0.2) is 0 Å². The molecular formula is C14H21NO3S. The number of hydrogen-bond donors (Lipinski definition) is 2. The fraction of sp³-hybridized carbons (Fsp3) is 0.571. The van der Waals surface area contributed by atoms with Crippen LogP contribution in [0.15, 0.2) is 23.1 Å². The van der Waals surface area contributed by atoms with Gasteiger partial charge in [0.05, 0.1) is 17.0 Å². The molecule has 19 heavy (non-hydrogen) atoms. The standard InChI is InChI=1S/C14H21NO3S/c1-11-5-6-13(9-12(11)2)19(17,18)15-14(10-16)7-3-4-8-14/h5-6,9,15-16H,3-4,7-8,10H2,1-2H3. The van der Waals surface area contributed by atoms with Crippen molar-refractivity contribution in [3.63, 3.8) is 0 Å². The quantitative estimate of drug-likeness (QED) is 0.886. The smallest absolute Gasteiger partial charge is 0.241 e. The molecular weight excluding hydrogens is 262 g/mol. The van der Waals surface area contributed by atoms with Gasteiger partial charge in [0.1, 0.15) is 0 Å². The van der Waals surface area contributed by atoms with Crippen LogP contribution >= 0.6 is 0 Å². The van der Waals surface area contributed by atoms with E-state index in [9.17, 15) is 13.5 Å². The van der Waals surface area contributed by atoms with Crippen molar-refractivity contribution in [3.05, 3.63) is 29.3 Å². The Labute approximate surface area is 114 Å². The lowest BCUT2D eigenvalue weighted by Crippen LogP contribution is -2.49. The molecule has 0 aliphatic heterocycles. The van der Waals surface area contributed by atoms with E-state index in [-0.39, 0.29) is 11.5 Å². The number of hydrogen-bond acceptors (Lipinski definition) is 3. The summed E-state index contributed by atoms with van der Waals surface area (Å²) in [7, 11) is -3.56. The molecule has 0 unspecified atom stereocenters. The average molecular weight is 283 g/mol. The van der Waals surface area contributed by atoms with Gasteiger partial charge >= 0.3 is 0 Å². The van der Waals surface area contributed by atoms with Crippen LogP contribution in [0.5, 0.6) is 0 Å². The van der Waals surface area contributed by atoms with Crippen molar-refractivity contribution in [2.45, 2.75) is 50.0 Å². The predicted octanol–water partition coefficient (Wildman–Crippen LogP) is 1.89. The Kier molecular flexibility index (Phi) is 3.99. The Hall–Kier alpha value is -0.910. The van der Waals surface area contributed by atoms with Gasteiger partial charge in [-0.25, -0.2) is 13.1 Å². The van der Waals surface area contributed by atoms with Gasteiger partial charge in [0, 0.05) is 0 Å². The van der Waals surface area contributed by atoms with Crippen LogP contribution in [0.3, 0.4) is 0 Å². The summed E-state index contributed by atoms with van der Waals surface area (Å²) in [4.78, 5) is 0.273. The summed E-state index contributed by atoms with van der Waals surface area (Å²) in [5, 5.41) is 9.50. The highest BCUT2D eigenvalue weighted by atomic mass is 32.2. The van der Waals surface area contributed by atoms with Gasteiger partial charge in [-0.05, 0) is 49.9 Å². The van der Waals surface area contributed by atoms with Gasteiger partial charge in [0.2, 0.25) is 10.0 Å². The van der Waals surface area contributed by atoms with Gasteiger partial charge in [-0.2, -0.15) is 0 Å². The molecule has 0 aromatic heterocycles. The van der Waals surface area contributed by atoms with Crippen LogP contribution in [-0.2, 0) is 10.0 Å². The minimum absolute atomic E-state index is 0.142. The first-order valence-electron chi connectivity index (χ1n) is 6.61. The molecule has 1 saturated carbocycles. The van der Waals surface area contributed by atoms with Crippen molar-refractivity contribution in [3.8, 4) is 0 Å². The maximum Gasteiger partial charge on any atom is 0.241 e. The zero-order valence-corrected chi connectivity index (χ0v) is 12.3. The third-order valence-corrected chi connectivity index (χ3v) is 5.58. The molecule has 1 aliphatic carbocycles. The lowest BCUT2D eigenvalue weighted by Gasteiger charge is -2.27. The summed E-state index contributed by atoms with van der Waals surface area (Å²) >= 11 is 0. The fourth-order valence-corrected chi connectivity index (χ4v) is 4.10. The SMILES string of the molecule is Cc1ccc(S(=O)(=O)NC2(CO)CCCC2)cc1C.